The van der Waals surface area contributed by atoms with E-state index >= 15 is 0 Å². The zero-order chi connectivity index (χ0) is 13.7. The second-order valence-electron chi connectivity index (χ2n) is 4.63. The molecule has 0 aliphatic carbocycles. The van der Waals surface area contributed by atoms with Gasteiger partial charge in [0.15, 0.2) is 5.11 Å². The minimum atomic E-state index is 0.189. The Balaban J connectivity index is 2.13. The van der Waals surface area contributed by atoms with Crippen LogP contribution in [0.2, 0.25) is 0 Å². The van der Waals surface area contributed by atoms with Crippen LogP contribution in [-0.4, -0.2) is 38.0 Å². The molecule has 0 spiro atoms. The molecule has 104 valence electrons. The van der Waals surface area contributed by atoms with Gasteiger partial charge in [0, 0.05) is 19.7 Å². The van der Waals surface area contributed by atoms with Gasteiger partial charge >= 0.3 is 0 Å². The average molecular weight is 280 g/mol. The van der Waals surface area contributed by atoms with E-state index in [4.69, 9.17) is 21.7 Å². The van der Waals surface area contributed by atoms with Crippen molar-refractivity contribution in [2.45, 2.75) is 19.4 Å². The van der Waals surface area contributed by atoms with E-state index in [1.54, 1.807) is 7.11 Å². The number of methoxy groups -OCH3 is 1. The van der Waals surface area contributed by atoms with Crippen molar-refractivity contribution in [1.82, 2.24) is 5.32 Å². The summed E-state index contributed by atoms with van der Waals surface area (Å²) in [5.41, 5.74) is 1.03. The van der Waals surface area contributed by atoms with Gasteiger partial charge in [0.25, 0.3) is 0 Å². The minimum absolute atomic E-state index is 0.189. The first kappa shape index (κ1) is 14.1. The summed E-state index contributed by atoms with van der Waals surface area (Å²) >= 11 is 5.50. The average Bonchev–Trinajstić information content (AvgIpc) is 2.61. The van der Waals surface area contributed by atoms with Crippen LogP contribution in [0.1, 0.15) is 13.3 Å². The molecule has 0 saturated heterocycles. The Labute approximate surface area is 119 Å². The lowest BCUT2D eigenvalue weighted by atomic mass is 10.2. The van der Waals surface area contributed by atoms with Crippen molar-refractivity contribution < 1.29 is 9.47 Å². The van der Waals surface area contributed by atoms with Crippen LogP contribution < -0.4 is 15.0 Å². The second kappa shape index (κ2) is 6.73. The van der Waals surface area contributed by atoms with E-state index in [0.717, 1.165) is 36.1 Å². The van der Waals surface area contributed by atoms with Gasteiger partial charge in [0.05, 0.1) is 18.9 Å². The fraction of sp³-hybridized carbons (Fsp3) is 0.500. The monoisotopic (exact) mass is 280 g/mol. The van der Waals surface area contributed by atoms with Crippen LogP contribution in [-0.2, 0) is 4.74 Å². The van der Waals surface area contributed by atoms with E-state index in [0.29, 0.717) is 6.61 Å². The van der Waals surface area contributed by atoms with E-state index in [-0.39, 0.29) is 6.04 Å². The number of nitrogens with one attached hydrogen (secondary N) is 1. The van der Waals surface area contributed by atoms with Crippen molar-refractivity contribution in [2.75, 3.05) is 31.8 Å². The number of thiocarbonyl (C=S) groups is 1. The lowest BCUT2D eigenvalue weighted by Gasteiger charge is -2.27. The SMILES string of the molecule is COCC(C)NC(=S)N1CCCOc2ccccc21. The van der Waals surface area contributed by atoms with Gasteiger partial charge in [-0.15, -0.1) is 0 Å². The molecule has 1 heterocycles. The summed E-state index contributed by atoms with van der Waals surface area (Å²) in [4.78, 5) is 2.10. The van der Waals surface area contributed by atoms with Crippen LogP contribution in [0.5, 0.6) is 5.75 Å². The molecule has 19 heavy (non-hydrogen) atoms. The molecule has 0 saturated carbocycles. The number of nitrogens with zero attached hydrogens (tertiary/aromatic N) is 1. The predicted octanol–water partition coefficient (Wildman–Crippen LogP) is 2.18. The molecular formula is C14H20N2O2S. The highest BCUT2D eigenvalue weighted by atomic mass is 32.1. The van der Waals surface area contributed by atoms with Crippen LogP contribution >= 0.6 is 12.2 Å². The van der Waals surface area contributed by atoms with Gasteiger partial charge in [-0.2, -0.15) is 0 Å². The lowest BCUT2D eigenvalue weighted by molar-refractivity contribution is 0.179. The summed E-state index contributed by atoms with van der Waals surface area (Å²) < 4.78 is 10.8. The van der Waals surface area contributed by atoms with Crippen LogP contribution in [0, 0.1) is 0 Å². The normalized spacial score (nSPS) is 16.0. The number of rotatable bonds is 3. The molecule has 0 bridgehead atoms. The molecule has 5 heteroatoms. The van der Waals surface area contributed by atoms with E-state index in [1.807, 2.05) is 24.3 Å². The number of anilines is 1. The Morgan fingerprint density at radius 1 is 1.53 bits per heavy atom. The highest BCUT2D eigenvalue weighted by Crippen LogP contribution is 2.30. The molecule has 1 aromatic carbocycles. The van der Waals surface area contributed by atoms with E-state index in [2.05, 4.69) is 17.1 Å². The van der Waals surface area contributed by atoms with Gasteiger partial charge in [-0.3, -0.25) is 0 Å². The molecule has 0 aromatic heterocycles. The zero-order valence-electron chi connectivity index (χ0n) is 11.4. The molecule has 2 rings (SSSR count). The van der Waals surface area contributed by atoms with E-state index < -0.39 is 0 Å². The van der Waals surface area contributed by atoms with Gasteiger partial charge in [0.1, 0.15) is 5.75 Å². The summed E-state index contributed by atoms with van der Waals surface area (Å²) in [7, 11) is 1.69. The van der Waals surface area contributed by atoms with Gasteiger partial charge < -0.3 is 19.7 Å². The molecular weight excluding hydrogens is 260 g/mol. The van der Waals surface area contributed by atoms with Crippen molar-refractivity contribution in [3.63, 3.8) is 0 Å². The number of benzene rings is 1. The third kappa shape index (κ3) is 3.58. The number of fused-ring (bicyclic) bond motifs is 1. The van der Waals surface area contributed by atoms with Crippen LogP contribution in [0.4, 0.5) is 5.69 Å². The molecule has 4 nitrogen and oxygen atoms in total. The standard InChI is InChI=1S/C14H20N2O2S/c1-11(10-17-2)15-14(19)16-8-5-9-18-13-7-4-3-6-12(13)16/h3-4,6-7,11H,5,8-10H2,1-2H3,(H,15,19). The first-order valence-electron chi connectivity index (χ1n) is 6.51. The molecule has 1 N–H and O–H groups in total. The first-order valence-corrected chi connectivity index (χ1v) is 6.92. The number of ether oxygens (including phenoxy) is 2. The molecule has 1 aliphatic rings. The van der Waals surface area contributed by atoms with Gasteiger partial charge in [-0.1, -0.05) is 12.1 Å². The van der Waals surface area contributed by atoms with Crippen LogP contribution in [0.25, 0.3) is 0 Å². The molecule has 0 amide bonds. The summed E-state index contributed by atoms with van der Waals surface area (Å²) in [5.74, 6) is 0.892. The maximum absolute atomic E-state index is 5.73. The third-order valence-electron chi connectivity index (χ3n) is 2.97. The fourth-order valence-electron chi connectivity index (χ4n) is 2.12. The molecule has 1 aromatic rings. The number of hydrogen-bond donors (Lipinski definition) is 1. The quantitative estimate of drug-likeness (QED) is 0.858. The lowest BCUT2D eigenvalue weighted by Crippen LogP contribution is -2.45. The van der Waals surface area contributed by atoms with Crippen LogP contribution in [0.3, 0.4) is 0 Å². The maximum Gasteiger partial charge on any atom is 0.173 e. The minimum Gasteiger partial charge on any atom is -0.491 e. The number of hydrogen-bond acceptors (Lipinski definition) is 3. The molecule has 0 fully saturated rings. The summed E-state index contributed by atoms with van der Waals surface area (Å²) in [6.07, 6.45) is 0.954. The Kier molecular flexibility index (Phi) is 4.99. The topological polar surface area (TPSA) is 33.7 Å². The van der Waals surface area contributed by atoms with Crippen molar-refractivity contribution in [1.29, 1.82) is 0 Å². The van der Waals surface area contributed by atoms with E-state index in [1.165, 1.54) is 0 Å². The Morgan fingerprint density at radius 2 is 2.32 bits per heavy atom. The summed E-state index contributed by atoms with van der Waals surface area (Å²) in [5, 5.41) is 4.02. The Hall–Kier alpha value is -1.33. The largest absolute Gasteiger partial charge is 0.491 e. The molecule has 0 radical (unpaired) electrons. The van der Waals surface area contributed by atoms with Crippen molar-refractivity contribution in [3.05, 3.63) is 24.3 Å². The van der Waals surface area contributed by atoms with Crippen molar-refractivity contribution >= 4 is 23.0 Å². The highest BCUT2D eigenvalue weighted by molar-refractivity contribution is 7.80. The highest BCUT2D eigenvalue weighted by Gasteiger charge is 2.20. The fourth-order valence-corrected chi connectivity index (χ4v) is 2.51. The smallest absolute Gasteiger partial charge is 0.173 e. The molecule has 1 aliphatic heterocycles. The van der Waals surface area contributed by atoms with Crippen LogP contribution in [0.15, 0.2) is 24.3 Å². The first-order chi connectivity index (χ1) is 9.22. The van der Waals surface area contributed by atoms with Gasteiger partial charge in [-0.25, -0.2) is 0 Å². The second-order valence-corrected chi connectivity index (χ2v) is 5.01. The zero-order valence-corrected chi connectivity index (χ0v) is 12.2. The van der Waals surface area contributed by atoms with Gasteiger partial charge in [0.2, 0.25) is 0 Å². The Bertz CT molecular complexity index is 439. The van der Waals surface area contributed by atoms with Crippen molar-refractivity contribution in [3.8, 4) is 5.75 Å². The molecule has 1 unspecified atom stereocenters. The van der Waals surface area contributed by atoms with Crippen molar-refractivity contribution in [2.24, 2.45) is 0 Å². The number of para-hydroxylation sites is 2. The van der Waals surface area contributed by atoms with Gasteiger partial charge in [-0.05, 0) is 37.7 Å². The Morgan fingerprint density at radius 3 is 3.11 bits per heavy atom. The predicted molar refractivity (Wildman–Crippen MR) is 81.0 cm³/mol. The maximum atomic E-state index is 5.73. The van der Waals surface area contributed by atoms with E-state index in [9.17, 15) is 0 Å². The summed E-state index contributed by atoms with van der Waals surface area (Å²) in [6, 6.07) is 8.19. The summed E-state index contributed by atoms with van der Waals surface area (Å²) in [6.45, 7) is 4.27. The third-order valence-corrected chi connectivity index (χ3v) is 3.31. The molecule has 1 atom stereocenters.